The fourth-order valence-electron chi connectivity index (χ4n) is 1.64. The standard InChI is InChI=1S/C15H13ClN2O3/c1-10-3-2-4-12(7-10)18-14(19)9-21-15(20)13-8-11(16)5-6-17-13/h2-8H,9H2,1H3,(H,18,19). The predicted molar refractivity (Wildman–Crippen MR) is 79.3 cm³/mol. The summed E-state index contributed by atoms with van der Waals surface area (Å²) in [5.74, 6) is -1.12. The average molecular weight is 305 g/mol. The SMILES string of the molecule is Cc1cccc(NC(=O)COC(=O)c2cc(Cl)ccn2)c1. The Bertz CT molecular complexity index is 673. The second kappa shape index (κ2) is 6.85. The van der Waals surface area contributed by atoms with E-state index in [9.17, 15) is 9.59 Å². The summed E-state index contributed by atoms with van der Waals surface area (Å²) >= 11 is 5.75. The molecule has 1 heterocycles. The number of rotatable bonds is 4. The van der Waals surface area contributed by atoms with Crippen molar-refractivity contribution in [2.45, 2.75) is 6.92 Å². The summed E-state index contributed by atoms with van der Waals surface area (Å²) in [5, 5.41) is 3.01. The Hall–Kier alpha value is -2.40. The van der Waals surface area contributed by atoms with E-state index in [1.807, 2.05) is 25.1 Å². The molecule has 21 heavy (non-hydrogen) atoms. The number of hydrogen-bond acceptors (Lipinski definition) is 4. The number of esters is 1. The van der Waals surface area contributed by atoms with Crippen LogP contribution < -0.4 is 5.32 Å². The summed E-state index contributed by atoms with van der Waals surface area (Å²) in [6, 6.07) is 10.2. The van der Waals surface area contributed by atoms with E-state index in [-0.39, 0.29) is 12.3 Å². The summed E-state index contributed by atoms with van der Waals surface area (Å²) in [6.07, 6.45) is 1.39. The molecule has 1 amide bonds. The van der Waals surface area contributed by atoms with E-state index < -0.39 is 11.9 Å². The Morgan fingerprint density at radius 3 is 2.81 bits per heavy atom. The first-order valence-electron chi connectivity index (χ1n) is 6.20. The second-order valence-corrected chi connectivity index (χ2v) is 4.79. The number of carbonyl (C=O) groups excluding carboxylic acids is 2. The van der Waals surface area contributed by atoms with Crippen LogP contribution >= 0.6 is 11.6 Å². The van der Waals surface area contributed by atoms with Crippen molar-refractivity contribution in [2.75, 3.05) is 11.9 Å². The Labute approximate surface area is 126 Å². The summed E-state index contributed by atoms with van der Waals surface area (Å²) in [4.78, 5) is 27.2. The predicted octanol–water partition coefficient (Wildman–Crippen LogP) is 2.84. The summed E-state index contributed by atoms with van der Waals surface area (Å²) in [6.45, 7) is 1.53. The van der Waals surface area contributed by atoms with E-state index in [1.165, 1.54) is 12.3 Å². The fourth-order valence-corrected chi connectivity index (χ4v) is 1.80. The molecule has 1 N–H and O–H groups in total. The van der Waals surface area contributed by atoms with Crippen LogP contribution in [0.5, 0.6) is 0 Å². The number of nitrogens with one attached hydrogen (secondary N) is 1. The third-order valence-corrected chi connectivity index (χ3v) is 2.80. The largest absolute Gasteiger partial charge is 0.451 e. The lowest BCUT2D eigenvalue weighted by Crippen LogP contribution is -2.21. The van der Waals surface area contributed by atoms with Gasteiger partial charge < -0.3 is 10.1 Å². The molecular weight excluding hydrogens is 292 g/mol. The minimum Gasteiger partial charge on any atom is -0.451 e. The van der Waals surface area contributed by atoms with Crippen LogP contribution in [0.2, 0.25) is 5.02 Å². The number of hydrogen-bond donors (Lipinski definition) is 1. The van der Waals surface area contributed by atoms with Gasteiger partial charge in [-0.3, -0.25) is 4.79 Å². The third-order valence-electron chi connectivity index (χ3n) is 2.57. The van der Waals surface area contributed by atoms with Crippen molar-refractivity contribution < 1.29 is 14.3 Å². The number of aryl methyl sites for hydroxylation is 1. The molecule has 1 aromatic carbocycles. The number of halogens is 1. The van der Waals surface area contributed by atoms with E-state index in [4.69, 9.17) is 16.3 Å². The maximum Gasteiger partial charge on any atom is 0.357 e. The van der Waals surface area contributed by atoms with E-state index >= 15 is 0 Å². The molecule has 2 rings (SSSR count). The highest BCUT2D eigenvalue weighted by Crippen LogP contribution is 2.10. The van der Waals surface area contributed by atoms with Gasteiger partial charge in [0.15, 0.2) is 6.61 Å². The molecular formula is C15H13ClN2O3. The van der Waals surface area contributed by atoms with E-state index in [2.05, 4.69) is 10.3 Å². The molecule has 0 radical (unpaired) electrons. The first-order chi connectivity index (χ1) is 10.0. The number of benzene rings is 1. The van der Waals surface area contributed by atoms with Crippen LogP contribution in [0.3, 0.4) is 0 Å². The maximum absolute atomic E-state index is 11.7. The molecule has 0 saturated heterocycles. The van der Waals surface area contributed by atoms with Gasteiger partial charge in [0, 0.05) is 16.9 Å². The number of ether oxygens (including phenoxy) is 1. The fraction of sp³-hybridized carbons (Fsp3) is 0.133. The Morgan fingerprint density at radius 2 is 2.10 bits per heavy atom. The highest BCUT2D eigenvalue weighted by Gasteiger charge is 2.12. The van der Waals surface area contributed by atoms with Crippen LogP contribution in [0, 0.1) is 6.92 Å². The Morgan fingerprint density at radius 1 is 1.29 bits per heavy atom. The summed E-state index contributed by atoms with van der Waals surface area (Å²) < 4.78 is 4.88. The molecule has 0 aliphatic heterocycles. The topological polar surface area (TPSA) is 68.3 Å². The minimum absolute atomic E-state index is 0.0610. The quantitative estimate of drug-likeness (QED) is 0.882. The maximum atomic E-state index is 11.7. The lowest BCUT2D eigenvalue weighted by Gasteiger charge is -2.07. The first-order valence-corrected chi connectivity index (χ1v) is 6.57. The van der Waals surface area contributed by atoms with Gasteiger partial charge in [0.05, 0.1) is 0 Å². The average Bonchev–Trinajstić information content (AvgIpc) is 2.45. The molecule has 2 aromatic rings. The summed E-state index contributed by atoms with van der Waals surface area (Å²) in [5.41, 5.74) is 1.73. The highest BCUT2D eigenvalue weighted by atomic mass is 35.5. The number of pyridine rings is 1. The van der Waals surface area contributed by atoms with Crippen LogP contribution in [-0.4, -0.2) is 23.5 Å². The van der Waals surface area contributed by atoms with Gasteiger partial charge in [-0.25, -0.2) is 9.78 Å². The molecule has 108 valence electrons. The first kappa shape index (κ1) is 15.0. The zero-order chi connectivity index (χ0) is 15.2. The lowest BCUT2D eigenvalue weighted by molar-refractivity contribution is -0.119. The van der Waals surface area contributed by atoms with Crippen LogP contribution in [0.4, 0.5) is 5.69 Å². The van der Waals surface area contributed by atoms with Crippen molar-refractivity contribution in [1.29, 1.82) is 0 Å². The van der Waals surface area contributed by atoms with Crippen molar-refractivity contribution >= 4 is 29.2 Å². The number of anilines is 1. The molecule has 0 fully saturated rings. The molecule has 6 heteroatoms. The number of carbonyl (C=O) groups is 2. The minimum atomic E-state index is -0.697. The zero-order valence-electron chi connectivity index (χ0n) is 11.3. The van der Waals surface area contributed by atoms with Crippen molar-refractivity contribution in [3.8, 4) is 0 Å². The molecule has 0 aliphatic carbocycles. The third kappa shape index (κ3) is 4.57. The molecule has 0 aliphatic rings. The van der Waals surface area contributed by atoms with Gasteiger partial charge in [-0.2, -0.15) is 0 Å². The van der Waals surface area contributed by atoms with Crippen LogP contribution in [0.25, 0.3) is 0 Å². The van der Waals surface area contributed by atoms with Crippen molar-refractivity contribution in [3.63, 3.8) is 0 Å². The monoisotopic (exact) mass is 304 g/mol. The Balaban J connectivity index is 1.88. The van der Waals surface area contributed by atoms with E-state index in [0.29, 0.717) is 10.7 Å². The van der Waals surface area contributed by atoms with Gasteiger partial charge in [0.1, 0.15) is 5.69 Å². The van der Waals surface area contributed by atoms with Gasteiger partial charge in [-0.15, -0.1) is 0 Å². The van der Waals surface area contributed by atoms with Gasteiger partial charge in [-0.1, -0.05) is 23.7 Å². The highest BCUT2D eigenvalue weighted by molar-refractivity contribution is 6.30. The molecule has 0 spiro atoms. The molecule has 0 unspecified atom stereocenters. The molecule has 0 bridgehead atoms. The van der Waals surface area contributed by atoms with Crippen LogP contribution in [-0.2, 0) is 9.53 Å². The zero-order valence-corrected chi connectivity index (χ0v) is 12.1. The van der Waals surface area contributed by atoms with Gasteiger partial charge >= 0.3 is 5.97 Å². The number of aromatic nitrogens is 1. The Kier molecular flexibility index (Phi) is 4.90. The van der Waals surface area contributed by atoms with E-state index in [1.54, 1.807) is 12.1 Å². The van der Waals surface area contributed by atoms with Crippen molar-refractivity contribution in [3.05, 3.63) is 58.9 Å². The number of nitrogens with zero attached hydrogens (tertiary/aromatic N) is 1. The van der Waals surface area contributed by atoms with Gasteiger partial charge in [-0.05, 0) is 36.8 Å². The lowest BCUT2D eigenvalue weighted by atomic mass is 10.2. The molecule has 0 saturated carbocycles. The van der Waals surface area contributed by atoms with Gasteiger partial charge in [0.2, 0.25) is 0 Å². The normalized spacial score (nSPS) is 10.0. The molecule has 0 atom stereocenters. The van der Waals surface area contributed by atoms with Crippen LogP contribution in [0.1, 0.15) is 16.1 Å². The van der Waals surface area contributed by atoms with Crippen molar-refractivity contribution in [1.82, 2.24) is 4.98 Å². The van der Waals surface area contributed by atoms with Crippen LogP contribution in [0.15, 0.2) is 42.6 Å². The molecule has 1 aromatic heterocycles. The molecule has 5 nitrogen and oxygen atoms in total. The number of amides is 1. The van der Waals surface area contributed by atoms with E-state index in [0.717, 1.165) is 5.56 Å². The van der Waals surface area contributed by atoms with Gasteiger partial charge in [0.25, 0.3) is 5.91 Å². The van der Waals surface area contributed by atoms with Crippen molar-refractivity contribution in [2.24, 2.45) is 0 Å². The smallest absolute Gasteiger partial charge is 0.357 e. The summed E-state index contributed by atoms with van der Waals surface area (Å²) in [7, 11) is 0. The second-order valence-electron chi connectivity index (χ2n) is 4.35.